The third-order valence-corrected chi connectivity index (χ3v) is 7.97. The average molecular weight is 529 g/mol. The quantitative estimate of drug-likeness (QED) is 0.369. The molecule has 4 N–H and O–H groups in total. The van der Waals surface area contributed by atoms with Crippen LogP contribution in [0.5, 0.6) is 0 Å². The van der Waals surface area contributed by atoms with E-state index >= 15 is 0 Å². The summed E-state index contributed by atoms with van der Waals surface area (Å²) in [5, 5.41) is 10.2. The second-order valence-electron chi connectivity index (χ2n) is 11.2. The van der Waals surface area contributed by atoms with Crippen LogP contribution >= 0.6 is 0 Å². The van der Waals surface area contributed by atoms with E-state index in [1.54, 1.807) is 13.8 Å². The van der Waals surface area contributed by atoms with Crippen molar-refractivity contribution in [2.75, 3.05) is 19.6 Å². The Morgan fingerprint density at radius 3 is 2.59 bits per heavy atom. The second-order valence-corrected chi connectivity index (χ2v) is 11.2. The molecule has 2 aliphatic heterocycles. The van der Waals surface area contributed by atoms with Crippen LogP contribution in [0.4, 0.5) is 0 Å². The number of fused-ring (bicyclic) bond motifs is 2. The molecule has 2 aromatic carbocycles. The number of H-pyrrole nitrogens is 1. The summed E-state index contributed by atoms with van der Waals surface area (Å²) < 4.78 is 0. The number of nitrogens with one attached hydrogen (secondary N) is 2. The summed E-state index contributed by atoms with van der Waals surface area (Å²) in [7, 11) is 0. The van der Waals surface area contributed by atoms with Crippen LogP contribution in [0.3, 0.4) is 0 Å². The molecule has 1 aromatic heterocycles. The molecule has 1 saturated heterocycles. The zero-order valence-electron chi connectivity index (χ0n) is 22.7. The fourth-order valence-corrected chi connectivity index (χ4v) is 5.79. The van der Waals surface area contributed by atoms with Crippen LogP contribution in [-0.4, -0.2) is 69.5 Å². The van der Waals surface area contributed by atoms with Gasteiger partial charge >= 0.3 is 0 Å². The van der Waals surface area contributed by atoms with Gasteiger partial charge in [0.05, 0.1) is 11.3 Å². The first kappa shape index (κ1) is 26.8. The number of piperidine rings is 1. The maximum atomic E-state index is 13.9. The van der Waals surface area contributed by atoms with Gasteiger partial charge in [-0.15, -0.1) is 0 Å². The Balaban J connectivity index is 1.58. The Labute approximate surface area is 228 Å². The van der Waals surface area contributed by atoms with Gasteiger partial charge in [-0.1, -0.05) is 48.5 Å². The highest BCUT2D eigenvalue weighted by atomic mass is 16.2. The van der Waals surface area contributed by atoms with Crippen molar-refractivity contribution in [2.24, 2.45) is 16.3 Å². The van der Waals surface area contributed by atoms with Crippen LogP contribution in [0.15, 0.2) is 65.9 Å². The number of likely N-dealkylation sites (tertiary alicyclic amines) is 1. The van der Waals surface area contributed by atoms with Crippen molar-refractivity contribution >= 4 is 34.7 Å². The Bertz CT molecular complexity index is 1430. The number of nitrogens with zero attached hydrogens (tertiary/aromatic N) is 3. The first-order chi connectivity index (χ1) is 18.6. The number of aldehydes is 1. The van der Waals surface area contributed by atoms with Crippen molar-refractivity contribution < 1.29 is 14.4 Å². The Morgan fingerprint density at radius 2 is 1.90 bits per heavy atom. The van der Waals surface area contributed by atoms with Crippen molar-refractivity contribution in [1.29, 1.82) is 0 Å². The predicted molar refractivity (Wildman–Crippen MR) is 151 cm³/mol. The highest BCUT2D eigenvalue weighted by Gasteiger charge is 2.56. The molecule has 2 unspecified atom stereocenters. The van der Waals surface area contributed by atoms with Gasteiger partial charge in [0.25, 0.3) is 5.91 Å². The number of rotatable bonds is 9. The molecule has 0 radical (unpaired) electrons. The van der Waals surface area contributed by atoms with E-state index in [2.05, 4.69) is 10.3 Å². The van der Waals surface area contributed by atoms with Gasteiger partial charge in [0, 0.05) is 49.6 Å². The lowest BCUT2D eigenvalue weighted by Crippen LogP contribution is -2.71. The van der Waals surface area contributed by atoms with Gasteiger partial charge in [-0.3, -0.25) is 19.3 Å². The van der Waals surface area contributed by atoms with Crippen molar-refractivity contribution in [2.45, 2.75) is 51.2 Å². The van der Waals surface area contributed by atoms with Crippen molar-refractivity contribution in [3.05, 3.63) is 71.9 Å². The van der Waals surface area contributed by atoms with E-state index in [4.69, 9.17) is 10.8 Å². The summed E-state index contributed by atoms with van der Waals surface area (Å²) in [4.78, 5) is 45.6. The number of aromatic amines is 1. The molecule has 9 nitrogen and oxygen atoms in total. The van der Waals surface area contributed by atoms with E-state index in [1.807, 2.05) is 72.6 Å². The molecule has 2 atom stereocenters. The van der Waals surface area contributed by atoms with E-state index in [0.29, 0.717) is 25.9 Å². The first-order valence-corrected chi connectivity index (χ1v) is 13.4. The number of carbonyl (C=O) groups is 3. The molecule has 0 spiro atoms. The molecular weight excluding hydrogens is 492 g/mol. The molecular formula is C30H36N6O3. The minimum Gasteiger partial charge on any atom is -0.361 e. The van der Waals surface area contributed by atoms with Gasteiger partial charge in [0.2, 0.25) is 5.91 Å². The summed E-state index contributed by atoms with van der Waals surface area (Å²) in [5.74, 6) is -0.523. The molecule has 39 heavy (non-hydrogen) atoms. The van der Waals surface area contributed by atoms with Crippen LogP contribution in [-0.2, 0) is 27.2 Å². The Morgan fingerprint density at radius 1 is 1.18 bits per heavy atom. The molecule has 2 amide bonds. The molecule has 0 saturated carbocycles. The highest BCUT2D eigenvalue weighted by molar-refractivity contribution is 6.13. The van der Waals surface area contributed by atoms with Gasteiger partial charge in [0.1, 0.15) is 5.41 Å². The summed E-state index contributed by atoms with van der Waals surface area (Å²) in [6.07, 6.45) is 3.84. The SMILES string of the molecule is CCN1N=C2CCN(C(C=O)(Cc3c[nH]c4ccccc34)NC(=O)C(C)(C)N)CC2(Cc2ccccc2)C1=O. The van der Waals surface area contributed by atoms with Crippen LogP contribution in [0, 0.1) is 5.41 Å². The van der Waals surface area contributed by atoms with Gasteiger partial charge in [-0.25, -0.2) is 5.01 Å². The Kier molecular flexibility index (Phi) is 6.90. The van der Waals surface area contributed by atoms with Crippen molar-refractivity contribution in [1.82, 2.24) is 20.2 Å². The minimum atomic E-state index is -1.42. The number of nitrogens with two attached hydrogens (primary N) is 1. The number of hydrogen-bond acceptors (Lipinski definition) is 6. The first-order valence-electron chi connectivity index (χ1n) is 13.4. The second kappa shape index (κ2) is 10.1. The lowest BCUT2D eigenvalue weighted by Gasteiger charge is -2.48. The molecule has 0 bridgehead atoms. The molecule has 204 valence electrons. The van der Waals surface area contributed by atoms with Crippen molar-refractivity contribution in [3.8, 4) is 0 Å². The highest BCUT2D eigenvalue weighted by Crippen LogP contribution is 2.41. The third kappa shape index (κ3) is 4.77. The lowest BCUT2D eigenvalue weighted by molar-refractivity contribution is -0.142. The van der Waals surface area contributed by atoms with Crippen LogP contribution in [0.2, 0.25) is 0 Å². The van der Waals surface area contributed by atoms with Gasteiger partial charge in [0.15, 0.2) is 11.9 Å². The smallest absolute Gasteiger partial charge is 0.256 e. The Hall–Kier alpha value is -3.82. The maximum Gasteiger partial charge on any atom is 0.256 e. The molecule has 0 aliphatic carbocycles. The average Bonchev–Trinajstić information content (AvgIpc) is 3.46. The summed E-state index contributed by atoms with van der Waals surface area (Å²) >= 11 is 0. The summed E-state index contributed by atoms with van der Waals surface area (Å²) in [5.41, 5.74) is 6.27. The summed E-state index contributed by atoms with van der Waals surface area (Å²) in [6, 6.07) is 17.7. The fourth-order valence-electron chi connectivity index (χ4n) is 5.79. The number of hydrazone groups is 1. The molecule has 2 aliphatic rings. The largest absolute Gasteiger partial charge is 0.361 e. The van der Waals surface area contributed by atoms with Gasteiger partial charge in [-0.2, -0.15) is 5.10 Å². The number of hydrogen-bond donors (Lipinski definition) is 3. The molecule has 1 fully saturated rings. The number of aromatic nitrogens is 1. The number of benzene rings is 2. The lowest BCUT2D eigenvalue weighted by atomic mass is 9.72. The zero-order chi connectivity index (χ0) is 27.8. The third-order valence-electron chi connectivity index (χ3n) is 7.97. The topological polar surface area (TPSA) is 124 Å². The normalized spacial score (nSPS) is 21.4. The van der Waals surface area contributed by atoms with Crippen LogP contribution < -0.4 is 11.1 Å². The zero-order valence-corrected chi connectivity index (χ0v) is 22.7. The van der Waals surface area contributed by atoms with E-state index in [9.17, 15) is 14.4 Å². The van der Waals surface area contributed by atoms with Crippen LogP contribution in [0.25, 0.3) is 10.9 Å². The van der Waals surface area contributed by atoms with E-state index < -0.39 is 22.5 Å². The number of carbonyl (C=O) groups excluding carboxylic acids is 3. The van der Waals surface area contributed by atoms with Gasteiger partial charge in [-0.05, 0) is 44.4 Å². The van der Waals surface area contributed by atoms with E-state index in [0.717, 1.165) is 34.0 Å². The van der Waals surface area contributed by atoms with Gasteiger partial charge < -0.3 is 16.0 Å². The van der Waals surface area contributed by atoms with E-state index in [-0.39, 0.29) is 18.9 Å². The molecule has 3 heterocycles. The number of para-hydroxylation sites is 1. The minimum absolute atomic E-state index is 0.0778. The van der Waals surface area contributed by atoms with E-state index in [1.165, 1.54) is 5.01 Å². The van der Waals surface area contributed by atoms with Crippen LogP contribution in [0.1, 0.15) is 38.3 Å². The summed E-state index contributed by atoms with van der Waals surface area (Å²) in [6.45, 7) is 6.28. The maximum absolute atomic E-state index is 13.9. The number of amides is 2. The predicted octanol–water partition coefficient (Wildman–Crippen LogP) is 2.61. The molecule has 3 aromatic rings. The standard InChI is InChI=1S/C30H36N6O3/c1-4-36-27(39)29(16-21-10-6-5-7-11-21)19-35(15-14-25(29)34-36)30(20-37,33-26(38)28(2,3)31)17-22-18-32-24-13-9-8-12-23(22)24/h5-13,18,20,32H,4,14-17,19,31H2,1-3H3,(H,33,38). The molecule has 5 rings (SSSR count). The monoisotopic (exact) mass is 528 g/mol. The molecule has 9 heteroatoms. The van der Waals surface area contributed by atoms with Crippen molar-refractivity contribution in [3.63, 3.8) is 0 Å². The fraction of sp³-hybridized carbons (Fsp3) is 0.400.